The van der Waals surface area contributed by atoms with Crippen LogP contribution < -0.4 is 5.73 Å². The lowest BCUT2D eigenvalue weighted by Crippen LogP contribution is -2.24. The van der Waals surface area contributed by atoms with E-state index in [0.717, 1.165) is 25.4 Å². The molecule has 0 aromatic rings. The van der Waals surface area contributed by atoms with Crippen molar-refractivity contribution in [3.05, 3.63) is 0 Å². The third kappa shape index (κ3) is 8.14. The summed E-state index contributed by atoms with van der Waals surface area (Å²) in [7, 11) is -1.75. The molecule has 0 aliphatic heterocycles. The van der Waals surface area contributed by atoms with Crippen LogP contribution >= 0.6 is 0 Å². The van der Waals surface area contributed by atoms with E-state index >= 15 is 0 Å². The van der Waals surface area contributed by atoms with Crippen molar-refractivity contribution >= 4 is 8.32 Å². The van der Waals surface area contributed by atoms with Crippen LogP contribution in [0.1, 0.15) is 12.8 Å². The van der Waals surface area contributed by atoms with Crippen LogP contribution in [0, 0.1) is 0 Å². The predicted molar refractivity (Wildman–Crippen MR) is 42.8 cm³/mol. The normalized spacial score (nSPS) is 12.0. The number of rotatable bonds is 4. The molecule has 0 aliphatic carbocycles. The molecular formula is C6H17NOSi. The average Bonchev–Trinajstić information content (AvgIpc) is 1.63. The van der Waals surface area contributed by atoms with Crippen molar-refractivity contribution in [1.29, 1.82) is 0 Å². The maximum Gasteiger partial charge on any atom is 0.182 e. The van der Waals surface area contributed by atoms with E-state index in [1.54, 1.807) is 0 Å². The van der Waals surface area contributed by atoms with Crippen LogP contribution in [0.2, 0.25) is 19.1 Å². The second kappa shape index (κ2) is 4.03. The summed E-state index contributed by atoms with van der Waals surface area (Å²) in [4.78, 5) is 9.34. The van der Waals surface area contributed by atoms with Crippen molar-refractivity contribution in [2.75, 3.05) is 6.54 Å². The monoisotopic (exact) mass is 147 g/mol. The molecule has 0 spiro atoms. The highest BCUT2D eigenvalue weighted by atomic mass is 28.4. The van der Waals surface area contributed by atoms with Gasteiger partial charge < -0.3 is 10.5 Å². The average molecular weight is 147 g/mol. The minimum Gasteiger partial charge on any atom is -0.432 e. The molecule has 0 aromatic heterocycles. The van der Waals surface area contributed by atoms with Crippen LogP contribution in [0.3, 0.4) is 0 Å². The fourth-order valence-corrected chi connectivity index (χ4v) is 1.82. The van der Waals surface area contributed by atoms with Crippen LogP contribution in [0.25, 0.3) is 0 Å². The van der Waals surface area contributed by atoms with E-state index < -0.39 is 8.32 Å². The quantitative estimate of drug-likeness (QED) is 0.459. The number of unbranched alkanes of at least 4 members (excludes halogenated alkanes) is 1. The van der Waals surface area contributed by atoms with Crippen molar-refractivity contribution in [2.24, 2.45) is 5.73 Å². The maximum atomic E-state index is 9.34. The van der Waals surface area contributed by atoms with E-state index in [1.165, 1.54) is 0 Å². The third-order valence-corrected chi connectivity index (χ3v) is 2.82. The molecule has 0 heterocycles. The molecule has 3 N–H and O–H groups in total. The molecule has 0 radical (unpaired) electrons. The van der Waals surface area contributed by atoms with E-state index in [0.29, 0.717) is 0 Å². The van der Waals surface area contributed by atoms with Gasteiger partial charge in [-0.25, -0.2) is 0 Å². The summed E-state index contributed by atoms with van der Waals surface area (Å²) in [6.07, 6.45) is 2.14. The van der Waals surface area contributed by atoms with Gasteiger partial charge in [0.05, 0.1) is 0 Å². The lowest BCUT2D eigenvalue weighted by atomic mass is 10.3. The largest absolute Gasteiger partial charge is 0.432 e. The van der Waals surface area contributed by atoms with Gasteiger partial charge in [0, 0.05) is 0 Å². The van der Waals surface area contributed by atoms with E-state index in [1.807, 2.05) is 13.1 Å². The Morgan fingerprint density at radius 1 is 1.33 bits per heavy atom. The van der Waals surface area contributed by atoms with Crippen LogP contribution in [-0.2, 0) is 0 Å². The lowest BCUT2D eigenvalue weighted by Gasteiger charge is -2.12. The van der Waals surface area contributed by atoms with E-state index in [2.05, 4.69) is 0 Å². The zero-order valence-electron chi connectivity index (χ0n) is 6.35. The first-order valence-electron chi connectivity index (χ1n) is 3.49. The molecule has 0 atom stereocenters. The lowest BCUT2D eigenvalue weighted by molar-refractivity contribution is 0.542. The van der Waals surface area contributed by atoms with Crippen LogP contribution in [0.4, 0.5) is 0 Å². The Bertz CT molecular complexity index is 69.9. The summed E-state index contributed by atoms with van der Waals surface area (Å²) >= 11 is 0. The van der Waals surface area contributed by atoms with Gasteiger partial charge in [0.25, 0.3) is 0 Å². The Hall–Kier alpha value is 0.137. The van der Waals surface area contributed by atoms with Gasteiger partial charge in [-0.1, -0.05) is 6.42 Å². The summed E-state index contributed by atoms with van der Waals surface area (Å²) in [6.45, 7) is 4.68. The Labute approximate surface area is 58.2 Å². The number of nitrogens with two attached hydrogens (primary N) is 1. The van der Waals surface area contributed by atoms with Crippen LogP contribution in [0.5, 0.6) is 0 Å². The first-order chi connectivity index (χ1) is 4.06. The summed E-state index contributed by atoms with van der Waals surface area (Å²) in [5.41, 5.74) is 5.29. The second-order valence-corrected chi connectivity index (χ2v) is 7.18. The molecule has 9 heavy (non-hydrogen) atoms. The number of hydrogen-bond acceptors (Lipinski definition) is 2. The van der Waals surface area contributed by atoms with Gasteiger partial charge in [0.1, 0.15) is 0 Å². The van der Waals surface area contributed by atoms with Gasteiger partial charge in [-0.15, -0.1) is 0 Å². The van der Waals surface area contributed by atoms with Crippen molar-refractivity contribution in [3.8, 4) is 0 Å². The standard InChI is InChI=1S/C6H17NOSi/c1-9(2,8)6-4-3-5-7/h8H,3-7H2,1-2H3. The summed E-state index contributed by atoms with van der Waals surface area (Å²) in [5, 5.41) is 0. The highest BCUT2D eigenvalue weighted by Crippen LogP contribution is 2.08. The first kappa shape index (κ1) is 9.14. The summed E-state index contributed by atoms with van der Waals surface area (Å²) in [5.74, 6) is 0. The van der Waals surface area contributed by atoms with Gasteiger partial charge in [0.15, 0.2) is 8.32 Å². The fraction of sp³-hybridized carbons (Fsp3) is 1.00. The van der Waals surface area contributed by atoms with Crippen molar-refractivity contribution in [3.63, 3.8) is 0 Å². The first-order valence-corrected chi connectivity index (χ1v) is 6.64. The molecule has 56 valence electrons. The van der Waals surface area contributed by atoms with Crippen molar-refractivity contribution in [2.45, 2.75) is 32.0 Å². The van der Waals surface area contributed by atoms with Gasteiger partial charge in [-0.2, -0.15) is 0 Å². The molecule has 2 nitrogen and oxygen atoms in total. The maximum absolute atomic E-state index is 9.34. The zero-order valence-corrected chi connectivity index (χ0v) is 7.35. The molecule has 0 amide bonds. The summed E-state index contributed by atoms with van der Waals surface area (Å²) < 4.78 is 0. The molecule has 3 heteroatoms. The Morgan fingerprint density at radius 3 is 2.22 bits per heavy atom. The molecular weight excluding hydrogens is 130 g/mol. The molecule has 0 unspecified atom stereocenters. The van der Waals surface area contributed by atoms with E-state index in [-0.39, 0.29) is 0 Å². The molecule has 0 saturated heterocycles. The SMILES string of the molecule is C[Si](C)(O)CCCCN. The van der Waals surface area contributed by atoms with Gasteiger partial charge >= 0.3 is 0 Å². The Morgan fingerprint density at radius 2 is 1.89 bits per heavy atom. The Kier molecular flexibility index (Phi) is 4.09. The topological polar surface area (TPSA) is 46.2 Å². The fourth-order valence-electron chi connectivity index (χ4n) is 0.702. The molecule has 0 fully saturated rings. The van der Waals surface area contributed by atoms with E-state index in [4.69, 9.17) is 5.73 Å². The number of hydrogen-bond donors (Lipinski definition) is 2. The van der Waals surface area contributed by atoms with Crippen molar-refractivity contribution in [1.82, 2.24) is 0 Å². The molecule has 0 aromatic carbocycles. The smallest absolute Gasteiger partial charge is 0.182 e. The van der Waals surface area contributed by atoms with Gasteiger partial charge in [-0.05, 0) is 32.1 Å². The molecule has 0 aliphatic rings. The Balaban J connectivity index is 3.07. The minimum atomic E-state index is -1.75. The van der Waals surface area contributed by atoms with Gasteiger partial charge in [0.2, 0.25) is 0 Å². The molecule has 0 saturated carbocycles. The van der Waals surface area contributed by atoms with Crippen molar-refractivity contribution < 1.29 is 4.80 Å². The molecule has 0 rings (SSSR count). The predicted octanol–water partition coefficient (Wildman–Crippen LogP) is 0.923. The van der Waals surface area contributed by atoms with Crippen LogP contribution in [-0.4, -0.2) is 19.7 Å². The highest BCUT2D eigenvalue weighted by molar-refractivity contribution is 6.69. The van der Waals surface area contributed by atoms with Crippen LogP contribution in [0.15, 0.2) is 0 Å². The highest BCUT2D eigenvalue weighted by Gasteiger charge is 2.14. The zero-order chi connectivity index (χ0) is 7.33. The second-order valence-electron chi connectivity index (χ2n) is 3.06. The van der Waals surface area contributed by atoms with Gasteiger partial charge in [-0.3, -0.25) is 0 Å². The minimum absolute atomic E-state index is 0.754. The summed E-state index contributed by atoms with van der Waals surface area (Å²) in [6, 6.07) is 0.990. The third-order valence-electron chi connectivity index (χ3n) is 1.24. The molecule has 0 bridgehead atoms. The van der Waals surface area contributed by atoms with E-state index in [9.17, 15) is 4.80 Å².